The number of carbonyl (C=O) groups is 1. The summed E-state index contributed by atoms with van der Waals surface area (Å²) in [5, 5.41) is 11.6. The highest BCUT2D eigenvalue weighted by Crippen LogP contribution is 2.47. The quantitative estimate of drug-likeness (QED) is 0.102. The molecular formula is C43H38Cl6N6O3S. The molecule has 5 aromatic rings. The van der Waals surface area contributed by atoms with Gasteiger partial charge in [0.05, 0.1) is 40.5 Å². The molecule has 2 aliphatic heterocycles. The molecule has 306 valence electrons. The molecule has 0 aromatic heterocycles. The smallest absolute Gasteiger partial charge is 0.244 e. The predicted molar refractivity (Wildman–Crippen MR) is 239 cm³/mol. The fourth-order valence-corrected chi connectivity index (χ4v) is 10.6. The second-order valence-corrected chi connectivity index (χ2v) is 18.7. The molecule has 7 rings (SSSR count). The lowest BCUT2D eigenvalue weighted by atomic mass is 9.84. The zero-order valence-corrected chi connectivity index (χ0v) is 36.8. The minimum Gasteiger partial charge on any atom is -0.369 e. The molecule has 0 aliphatic carbocycles. The van der Waals surface area contributed by atoms with E-state index >= 15 is 8.42 Å². The Labute approximate surface area is 373 Å². The highest BCUT2D eigenvalue weighted by Gasteiger charge is 2.51. The summed E-state index contributed by atoms with van der Waals surface area (Å²) in [6.07, 6.45) is 2.92. The number of primary amides is 1. The van der Waals surface area contributed by atoms with Crippen molar-refractivity contribution in [3.05, 3.63) is 167 Å². The van der Waals surface area contributed by atoms with Gasteiger partial charge in [-0.1, -0.05) is 131 Å². The minimum atomic E-state index is -4.64. The number of nitrogens with one attached hydrogen (secondary N) is 2. The van der Waals surface area contributed by atoms with E-state index in [1.165, 1.54) is 10.4 Å². The van der Waals surface area contributed by atoms with Gasteiger partial charge in [-0.2, -0.15) is 14.5 Å². The van der Waals surface area contributed by atoms with Crippen molar-refractivity contribution in [1.29, 1.82) is 0 Å². The molecule has 0 spiro atoms. The largest absolute Gasteiger partial charge is 0.369 e. The van der Waals surface area contributed by atoms with Crippen molar-refractivity contribution in [2.45, 2.75) is 61.7 Å². The van der Waals surface area contributed by atoms with Gasteiger partial charge < -0.3 is 16.6 Å². The molecule has 0 bridgehead atoms. The van der Waals surface area contributed by atoms with Gasteiger partial charge in [0, 0.05) is 36.6 Å². The number of sulfonamides is 1. The molecule has 4 N–H and O–H groups in total. The molecule has 5 atom stereocenters. The summed E-state index contributed by atoms with van der Waals surface area (Å²) in [6, 6.07) is 26.7. The number of amides is 1. The Bertz CT molecular complexity index is 2520. The van der Waals surface area contributed by atoms with Gasteiger partial charge in [-0.15, -0.1) is 0 Å². The minimum absolute atomic E-state index is 0.0276. The summed E-state index contributed by atoms with van der Waals surface area (Å²) in [6.45, 7) is 2.09. The number of hydrazone groups is 2. The van der Waals surface area contributed by atoms with Crippen molar-refractivity contribution in [3.8, 4) is 0 Å². The summed E-state index contributed by atoms with van der Waals surface area (Å²) in [5.41, 5.74) is 16.2. The number of hydrogen-bond donors (Lipinski definition) is 3. The third-order valence-electron chi connectivity index (χ3n) is 10.5. The van der Waals surface area contributed by atoms with Crippen molar-refractivity contribution in [1.82, 2.24) is 15.2 Å². The van der Waals surface area contributed by atoms with Crippen LogP contribution in [0, 0.1) is 5.92 Å². The van der Waals surface area contributed by atoms with Gasteiger partial charge in [-0.05, 0) is 101 Å². The Morgan fingerprint density at radius 2 is 1.27 bits per heavy atom. The van der Waals surface area contributed by atoms with E-state index in [2.05, 4.69) is 17.8 Å². The number of halogens is 6. The Hall–Kier alpha value is -3.84. The Kier molecular flexibility index (Phi) is 13.5. The Balaban J connectivity index is 1.49. The van der Waals surface area contributed by atoms with Crippen molar-refractivity contribution in [2.24, 2.45) is 21.9 Å². The number of nitrogens with zero attached hydrogens (tertiary/aromatic N) is 3. The van der Waals surface area contributed by atoms with Gasteiger partial charge in [0.25, 0.3) is 0 Å². The van der Waals surface area contributed by atoms with E-state index in [4.69, 9.17) is 85.5 Å². The van der Waals surface area contributed by atoms with Crippen LogP contribution in [0.4, 0.5) is 0 Å². The van der Waals surface area contributed by atoms with Gasteiger partial charge >= 0.3 is 0 Å². The zero-order chi connectivity index (χ0) is 42.0. The molecule has 0 radical (unpaired) electrons. The van der Waals surface area contributed by atoms with Crippen LogP contribution in [-0.2, 0) is 21.2 Å². The first-order chi connectivity index (χ1) is 28.3. The van der Waals surface area contributed by atoms with Crippen LogP contribution in [0.15, 0.2) is 124 Å². The topological polar surface area (TPSA) is 129 Å². The zero-order valence-electron chi connectivity index (χ0n) is 31.4. The van der Waals surface area contributed by atoms with Crippen molar-refractivity contribution >= 4 is 97.0 Å². The molecule has 59 heavy (non-hydrogen) atoms. The molecule has 2 heterocycles. The molecule has 16 heteroatoms. The highest BCUT2D eigenvalue weighted by atomic mass is 35.5. The molecule has 0 saturated carbocycles. The van der Waals surface area contributed by atoms with Crippen LogP contribution in [0.3, 0.4) is 0 Å². The van der Waals surface area contributed by atoms with Gasteiger partial charge in [0.15, 0.2) is 0 Å². The van der Waals surface area contributed by atoms with Crippen LogP contribution in [0.2, 0.25) is 30.1 Å². The highest BCUT2D eigenvalue weighted by molar-refractivity contribution is 7.89. The maximum atomic E-state index is 15.9. The molecule has 1 amide bonds. The van der Waals surface area contributed by atoms with Crippen LogP contribution in [0.1, 0.15) is 78.2 Å². The first-order valence-corrected chi connectivity index (χ1v) is 22.4. The SMILES string of the molecule is CCCCc1ccc(S(=O)(=O)N(C(C2=NNC(c3ccc(Cl)cc3)C2)c2ccc(Cl)cc2Cl)C(C2=NNC(c3ccc(Cl)cc3)C2C(N)=O)c2ccc(Cl)cc2Cl)cc1. The Morgan fingerprint density at radius 3 is 1.81 bits per heavy atom. The second-order valence-electron chi connectivity index (χ2n) is 14.3. The van der Waals surface area contributed by atoms with Crippen LogP contribution >= 0.6 is 69.6 Å². The number of rotatable bonds is 14. The van der Waals surface area contributed by atoms with E-state index in [9.17, 15) is 4.79 Å². The van der Waals surface area contributed by atoms with Gasteiger partial charge in [0.2, 0.25) is 15.9 Å². The third-order valence-corrected chi connectivity index (χ3v) is 14.0. The van der Waals surface area contributed by atoms with E-state index in [1.54, 1.807) is 91.0 Å². The molecule has 0 fully saturated rings. The van der Waals surface area contributed by atoms with Crippen LogP contribution < -0.4 is 16.6 Å². The molecule has 5 unspecified atom stereocenters. The lowest BCUT2D eigenvalue weighted by Gasteiger charge is -2.39. The predicted octanol–water partition coefficient (Wildman–Crippen LogP) is 11.3. The summed E-state index contributed by atoms with van der Waals surface area (Å²) in [5.74, 6) is -1.95. The first-order valence-electron chi connectivity index (χ1n) is 18.7. The second kappa shape index (κ2) is 18.4. The molecular weight excluding hydrogens is 893 g/mol. The van der Waals surface area contributed by atoms with Crippen LogP contribution in [0.25, 0.3) is 0 Å². The summed E-state index contributed by atoms with van der Waals surface area (Å²) < 4.78 is 33.1. The number of benzene rings is 5. The number of hydrogen-bond acceptors (Lipinski definition) is 7. The van der Waals surface area contributed by atoms with E-state index in [0.717, 1.165) is 30.4 Å². The monoisotopic (exact) mass is 928 g/mol. The van der Waals surface area contributed by atoms with E-state index in [-0.39, 0.29) is 38.7 Å². The maximum absolute atomic E-state index is 15.9. The summed E-state index contributed by atoms with van der Waals surface area (Å²) in [4.78, 5) is 13.8. The normalized spacial score (nSPS) is 18.8. The maximum Gasteiger partial charge on any atom is 0.244 e. The number of unbranched alkanes of at least 4 members (excludes halogenated alkanes) is 1. The molecule has 0 saturated heterocycles. The summed E-state index contributed by atoms with van der Waals surface area (Å²) in [7, 11) is -4.64. The molecule has 9 nitrogen and oxygen atoms in total. The van der Waals surface area contributed by atoms with Gasteiger partial charge in [-0.3, -0.25) is 4.79 Å². The standard InChI is InChI=1S/C43H38Cl6N6O3S/c1-2-3-4-24-5-17-31(18-6-24)59(57,58)55(41(32-19-15-29(46)21-34(32)48)37-23-36(51-52-37)25-7-11-27(44)12-8-25)42(33-20-16-30(47)22-35(33)49)40-38(43(50)56)39(53-54-40)26-9-13-28(45)14-10-26/h5-22,36,38-39,41-42,51,53H,2-4,23H2,1H3,(H2,50,56). The van der Waals surface area contributed by atoms with Crippen molar-refractivity contribution in [2.75, 3.05) is 0 Å². The lowest BCUT2D eigenvalue weighted by Crippen LogP contribution is -2.47. The fourth-order valence-electron chi connectivity index (χ4n) is 7.55. The number of nitrogens with two attached hydrogens (primary N) is 1. The Morgan fingerprint density at radius 1 is 0.729 bits per heavy atom. The lowest BCUT2D eigenvalue weighted by molar-refractivity contribution is -0.120. The number of carbonyl (C=O) groups excluding carboxylic acids is 1. The van der Waals surface area contributed by atoms with Crippen molar-refractivity contribution in [3.63, 3.8) is 0 Å². The van der Waals surface area contributed by atoms with Gasteiger partial charge in [0.1, 0.15) is 5.92 Å². The average molecular weight is 932 g/mol. The molecule has 2 aliphatic rings. The average Bonchev–Trinajstić information content (AvgIpc) is 3.88. The first kappa shape index (κ1) is 43.3. The van der Waals surface area contributed by atoms with E-state index in [0.29, 0.717) is 36.9 Å². The number of aryl methyl sites for hydroxylation is 1. The van der Waals surface area contributed by atoms with E-state index in [1.807, 2.05) is 12.1 Å². The fraction of sp³-hybridized carbons (Fsp3) is 0.233. The third kappa shape index (κ3) is 9.26. The van der Waals surface area contributed by atoms with Gasteiger partial charge in [-0.25, -0.2) is 8.42 Å². The van der Waals surface area contributed by atoms with Crippen LogP contribution in [0.5, 0.6) is 0 Å². The summed E-state index contributed by atoms with van der Waals surface area (Å²) >= 11 is 39.6. The molecule has 5 aromatic carbocycles. The van der Waals surface area contributed by atoms with E-state index < -0.39 is 40.0 Å². The van der Waals surface area contributed by atoms with Crippen LogP contribution in [-0.4, -0.2) is 30.1 Å². The van der Waals surface area contributed by atoms with Crippen molar-refractivity contribution < 1.29 is 13.2 Å².